The maximum Gasteiger partial charge on any atom is 0.271 e. The van der Waals surface area contributed by atoms with Gasteiger partial charge in [-0.25, -0.2) is 9.97 Å². The van der Waals surface area contributed by atoms with Gasteiger partial charge in [0.2, 0.25) is 0 Å². The number of aliphatic hydroxyl groups excluding tert-OH is 1. The van der Waals surface area contributed by atoms with E-state index in [1.165, 1.54) is 0 Å². The smallest absolute Gasteiger partial charge is 0.271 e. The number of piperazine rings is 1. The van der Waals surface area contributed by atoms with Crippen LogP contribution in [0.25, 0.3) is 0 Å². The molecule has 1 aliphatic heterocycles. The largest absolute Gasteiger partial charge is 0.494 e. The van der Waals surface area contributed by atoms with E-state index in [1.54, 1.807) is 7.11 Å². The second-order valence-corrected chi connectivity index (χ2v) is 9.38. The SMILES string of the molecule is CCc1nc(C(N)=O)c(Nc2ccc(N3CCN(C)CC3)cc2OC)nc1NC1CCC(O)CC1. The summed E-state index contributed by atoms with van der Waals surface area (Å²) in [6, 6.07) is 6.17. The molecule has 1 aromatic heterocycles. The standard InChI is InChI=1S/C25H37N7O3/c1-4-19-24(27-16-5-8-18(33)9-6-16)30-25(22(28-19)23(26)34)29-20-10-7-17(15-21(20)35-3)32-13-11-31(2)12-14-32/h7,10,15-16,18,33H,4-6,8-9,11-14H2,1-3H3,(H2,26,34)(H2,27,29,30). The third-order valence-corrected chi connectivity index (χ3v) is 6.88. The van der Waals surface area contributed by atoms with E-state index >= 15 is 0 Å². The number of amides is 1. The first kappa shape index (κ1) is 25.0. The maximum absolute atomic E-state index is 12.2. The van der Waals surface area contributed by atoms with Crippen LogP contribution in [0.1, 0.15) is 48.8 Å². The Bertz CT molecular complexity index is 1030. The van der Waals surface area contributed by atoms with Crippen molar-refractivity contribution in [2.75, 3.05) is 55.9 Å². The van der Waals surface area contributed by atoms with Crippen LogP contribution >= 0.6 is 0 Å². The van der Waals surface area contributed by atoms with E-state index in [0.29, 0.717) is 35.2 Å². The first-order valence-electron chi connectivity index (χ1n) is 12.4. The Morgan fingerprint density at radius 2 is 1.86 bits per heavy atom. The van der Waals surface area contributed by atoms with Crippen LogP contribution in [0.4, 0.5) is 23.0 Å². The second-order valence-electron chi connectivity index (χ2n) is 9.38. The minimum Gasteiger partial charge on any atom is -0.494 e. The molecule has 10 heteroatoms. The fourth-order valence-corrected chi connectivity index (χ4v) is 4.68. The van der Waals surface area contributed by atoms with Gasteiger partial charge in [-0.1, -0.05) is 6.92 Å². The molecule has 5 N–H and O–H groups in total. The van der Waals surface area contributed by atoms with Crippen molar-refractivity contribution in [1.82, 2.24) is 14.9 Å². The molecule has 4 rings (SSSR count). The molecule has 0 atom stereocenters. The van der Waals surface area contributed by atoms with Crippen LogP contribution in [0.15, 0.2) is 18.2 Å². The summed E-state index contributed by atoms with van der Waals surface area (Å²) >= 11 is 0. The van der Waals surface area contributed by atoms with Gasteiger partial charge in [0.25, 0.3) is 5.91 Å². The van der Waals surface area contributed by atoms with Gasteiger partial charge in [0, 0.05) is 44.0 Å². The summed E-state index contributed by atoms with van der Waals surface area (Å²) in [6.07, 6.45) is 3.60. The first-order valence-corrected chi connectivity index (χ1v) is 12.4. The molecule has 2 heterocycles. The number of nitrogens with one attached hydrogen (secondary N) is 2. The number of aromatic nitrogens is 2. The monoisotopic (exact) mass is 483 g/mol. The van der Waals surface area contributed by atoms with Gasteiger partial charge in [0.15, 0.2) is 11.5 Å². The summed E-state index contributed by atoms with van der Waals surface area (Å²) < 4.78 is 5.67. The number of primary amides is 1. The highest BCUT2D eigenvalue weighted by molar-refractivity contribution is 5.97. The van der Waals surface area contributed by atoms with Crippen molar-refractivity contribution >= 4 is 28.9 Å². The van der Waals surface area contributed by atoms with Crippen LogP contribution in [0.5, 0.6) is 5.75 Å². The number of anilines is 4. The van der Waals surface area contributed by atoms with E-state index in [-0.39, 0.29) is 17.8 Å². The molecule has 190 valence electrons. The zero-order valence-corrected chi connectivity index (χ0v) is 20.9. The van der Waals surface area contributed by atoms with Crippen molar-refractivity contribution in [3.8, 4) is 5.75 Å². The van der Waals surface area contributed by atoms with E-state index in [1.807, 2.05) is 25.1 Å². The Morgan fingerprint density at radius 1 is 1.14 bits per heavy atom. The van der Waals surface area contributed by atoms with Crippen LogP contribution in [-0.2, 0) is 6.42 Å². The van der Waals surface area contributed by atoms with E-state index in [4.69, 9.17) is 15.5 Å². The number of carbonyl (C=O) groups is 1. The molecule has 1 amide bonds. The van der Waals surface area contributed by atoms with Crippen molar-refractivity contribution in [3.05, 3.63) is 29.6 Å². The zero-order valence-electron chi connectivity index (χ0n) is 20.9. The Labute approximate surface area is 206 Å². The highest BCUT2D eigenvalue weighted by Gasteiger charge is 2.23. The molecule has 2 fully saturated rings. The minimum absolute atomic E-state index is 0.0941. The lowest BCUT2D eigenvalue weighted by atomic mass is 9.93. The van der Waals surface area contributed by atoms with E-state index in [2.05, 4.69) is 32.5 Å². The van der Waals surface area contributed by atoms with Crippen LogP contribution in [0, 0.1) is 0 Å². The fraction of sp³-hybridized carbons (Fsp3) is 0.560. The third-order valence-electron chi connectivity index (χ3n) is 6.88. The highest BCUT2D eigenvalue weighted by Crippen LogP contribution is 2.33. The molecule has 0 spiro atoms. The summed E-state index contributed by atoms with van der Waals surface area (Å²) in [5.41, 5.74) is 8.22. The van der Waals surface area contributed by atoms with Gasteiger partial charge in [-0.15, -0.1) is 0 Å². The number of rotatable bonds is 8. The third kappa shape index (κ3) is 5.94. The molecule has 35 heavy (non-hydrogen) atoms. The number of ether oxygens (including phenoxy) is 1. The van der Waals surface area contributed by atoms with Crippen LogP contribution in [0.3, 0.4) is 0 Å². The molecule has 2 aliphatic rings. The summed E-state index contributed by atoms with van der Waals surface area (Å²) in [5, 5.41) is 16.5. The Balaban J connectivity index is 1.61. The van der Waals surface area contributed by atoms with Gasteiger partial charge in [0.05, 0.1) is 24.6 Å². The normalized spacial score (nSPS) is 21.0. The number of carbonyl (C=O) groups excluding carboxylic acids is 1. The molecule has 1 saturated heterocycles. The second kappa shape index (κ2) is 11.1. The number of aliphatic hydroxyl groups is 1. The van der Waals surface area contributed by atoms with Crippen molar-refractivity contribution in [1.29, 1.82) is 0 Å². The Hall–Kier alpha value is -3.11. The van der Waals surface area contributed by atoms with Gasteiger partial charge in [0.1, 0.15) is 11.6 Å². The number of hydrogen-bond donors (Lipinski definition) is 4. The van der Waals surface area contributed by atoms with Crippen molar-refractivity contribution in [2.45, 2.75) is 51.2 Å². The van der Waals surface area contributed by atoms with Gasteiger partial charge in [-0.3, -0.25) is 4.79 Å². The average Bonchev–Trinajstić information content (AvgIpc) is 2.86. The van der Waals surface area contributed by atoms with Gasteiger partial charge in [-0.05, 0) is 51.3 Å². The quantitative estimate of drug-likeness (QED) is 0.447. The molecule has 0 unspecified atom stereocenters. The fourth-order valence-electron chi connectivity index (χ4n) is 4.68. The van der Waals surface area contributed by atoms with Crippen LogP contribution in [-0.4, -0.2) is 78.4 Å². The Kier molecular flexibility index (Phi) is 7.92. The average molecular weight is 484 g/mol. The van der Waals surface area contributed by atoms with Gasteiger partial charge < -0.3 is 36.0 Å². The number of methoxy groups -OCH3 is 1. The minimum atomic E-state index is -0.643. The van der Waals surface area contributed by atoms with Gasteiger partial charge in [-0.2, -0.15) is 0 Å². The van der Waals surface area contributed by atoms with Crippen molar-refractivity contribution in [3.63, 3.8) is 0 Å². The summed E-state index contributed by atoms with van der Waals surface area (Å²) in [4.78, 5) is 26.2. The molecule has 0 bridgehead atoms. The number of nitrogens with zero attached hydrogens (tertiary/aromatic N) is 4. The van der Waals surface area contributed by atoms with Crippen LogP contribution < -0.4 is 26.0 Å². The zero-order chi connectivity index (χ0) is 24.9. The highest BCUT2D eigenvalue weighted by atomic mass is 16.5. The molecule has 1 saturated carbocycles. The predicted molar refractivity (Wildman–Crippen MR) is 138 cm³/mol. The molecule has 2 aromatic rings. The predicted octanol–water partition coefficient (Wildman–Crippen LogP) is 2.36. The number of nitrogens with two attached hydrogens (primary N) is 1. The van der Waals surface area contributed by atoms with Crippen molar-refractivity contribution < 1.29 is 14.6 Å². The van der Waals surface area contributed by atoms with Crippen molar-refractivity contribution in [2.24, 2.45) is 5.73 Å². The lowest BCUT2D eigenvalue weighted by molar-refractivity contribution is 0.0996. The molecule has 10 nitrogen and oxygen atoms in total. The van der Waals surface area contributed by atoms with Gasteiger partial charge >= 0.3 is 0 Å². The summed E-state index contributed by atoms with van der Waals surface area (Å²) in [7, 11) is 3.76. The molecular weight excluding hydrogens is 446 g/mol. The molecule has 0 radical (unpaired) electrons. The number of aryl methyl sites for hydroxylation is 1. The first-order chi connectivity index (χ1) is 16.9. The molecular formula is C25H37N7O3. The lowest BCUT2D eigenvalue weighted by Crippen LogP contribution is -2.44. The Morgan fingerprint density at radius 3 is 2.49 bits per heavy atom. The number of hydrogen-bond acceptors (Lipinski definition) is 9. The van der Waals surface area contributed by atoms with E-state index < -0.39 is 5.91 Å². The molecule has 1 aromatic carbocycles. The summed E-state index contributed by atoms with van der Waals surface area (Å²) in [5.74, 6) is 0.928. The topological polar surface area (TPSA) is 129 Å². The number of likely N-dealkylation sites (N-methyl/N-ethyl adjacent to an activating group) is 1. The van der Waals surface area contributed by atoms with E-state index in [0.717, 1.165) is 57.5 Å². The number of benzene rings is 1. The maximum atomic E-state index is 12.2. The van der Waals surface area contributed by atoms with Crippen LogP contribution in [0.2, 0.25) is 0 Å². The lowest BCUT2D eigenvalue weighted by Gasteiger charge is -2.34. The molecule has 1 aliphatic carbocycles. The van der Waals surface area contributed by atoms with E-state index in [9.17, 15) is 9.90 Å². The summed E-state index contributed by atoms with van der Waals surface area (Å²) in [6.45, 7) is 5.90.